The van der Waals surface area contributed by atoms with E-state index in [0.29, 0.717) is 28.6 Å². The van der Waals surface area contributed by atoms with E-state index in [2.05, 4.69) is 17.6 Å². The highest BCUT2D eigenvalue weighted by molar-refractivity contribution is 7.80. The largest absolute Gasteiger partial charge is 0.493 e. The number of hydrogen-bond acceptors (Lipinski definition) is 3. The maximum Gasteiger partial charge on any atom is 0.261 e. The molecule has 0 radical (unpaired) electrons. The average molecular weight is 363 g/mol. The van der Waals surface area contributed by atoms with Gasteiger partial charge in [-0.15, -0.1) is 0 Å². The number of hydrogen-bond donors (Lipinski definition) is 2. The molecule has 0 aliphatic carbocycles. The third kappa shape index (κ3) is 5.22. The van der Waals surface area contributed by atoms with E-state index in [1.165, 1.54) is 0 Å². The molecule has 4 nitrogen and oxygen atoms in total. The first-order valence-corrected chi connectivity index (χ1v) is 8.49. The fourth-order valence-electron chi connectivity index (χ4n) is 1.99. The lowest BCUT2D eigenvalue weighted by Gasteiger charge is -2.13. The Morgan fingerprint density at radius 3 is 2.62 bits per heavy atom. The van der Waals surface area contributed by atoms with Crippen molar-refractivity contribution in [3.63, 3.8) is 0 Å². The molecule has 0 saturated carbocycles. The van der Waals surface area contributed by atoms with Gasteiger partial charge in [0.2, 0.25) is 0 Å². The van der Waals surface area contributed by atoms with Crippen LogP contribution in [-0.2, 0) is 0 Å². The molecule has 0 heterocycles. The molecule has 1 amide bonds. The third-order valence-corrected chi connectivity index (χ3v) is 3.77. The Hall–Kier alpha value is -2.11. The third-order valence-electron chi connectivity index (χ3n) is 3.24. The van der Waals surface area contributed by atoms with E-state index in [1.54, 1.807) is 30.3 Å². The molecule has 0 saturated heterocycles. The fraction of sp³-hybridized carbons (Fsp3) is 0.222. The maximum atomic E-state index is 12.4. The molecule has 0 aromatic heterocycles. The number of unbranched alkanes of at least 4 members (excludes halogenated alkanes) is 1. The molecule has 0 bridgehead atoms. The zero-order valence-electron chi connectivity index (χ0n) is 13.3. The molecule has 0 fully saturated rings. The number of nitrogens with one attached hydrogen (secondary N) is 2. The molecule has 2 aromatic carbocycles. The van der Waals surface area contributed by atoms with E-state index in [-0.39, 0.29) is 11.0 Å². The van der Waals surface area contributed by atoms with Crippen molar-refractivity contribution in [1.29, 1.82) is 0 Å². The second-order valence-electron chi connectivity index (χ2n) is 5.09. The van der Waals surface area contributed by atoms with Crippen LogP contribution in [0.2, 0.25) is 5.02 Å². The van der Waals surface area contributed by atoms with Crippen LogP contribution in [0.1, 0.15) is 30.1 Å². The molecule has 126 valence electrons. The standard InChI is InChI=1S/C18H19ClN2O2S/c1-2-3-12-23-16-11-7-4-8-13(16)17(22)21-18(24)20-15-10-6-5-9-14(15)19/h4-11H,2-3,12H2,1H3,(H2,20,21,22,24). The van der Waals surface area contributed by atoms with Crippen molar-refractivity contribution in [1.82, 2.24) is 5.32 Å². The van der Waals surface area contributed by atoms with Crippen molar-refractivity contribution < 1.29 is 9.53 Å². The Kier molecular flexibility index (Phi) is 7.03. The minimum atomic E-state index is -0.327. The van der Waals surface area contributed by atoms with E-state index >= 15 is 0 Å². The van der Waals surface area contributed by atoms with Crippen LogP contribution >= 0.6 is 23.8 Å². The topological polar surface area (TPSA) is 50.4 Å². The van der Waals surface area contributed by atoms with Gasteiger partial charge in [-0.05, 0) is 42.9 Å². The Bertz CT molecular complexity index is 722. The lowest BCUT2D eigenvalue weighted by atomic mass is 10.2. The van der Waals surface area contributed by atoms with E-state index < -0.39 is 0 Å². The molecular formula is C18H19ClN2O2S. The van der Waals surface area contributed by atoms with Gasteiger partial charge in [-0.1, -0.05) is 49.2 Å². The molecular weight excluding hydrogens is 344 g/mol. The van der Waals surface area contributed by atoms with Gasteiger partial charge in [0.25, 0.3) is 5.91 Å². The minimum absolute atomic E-state index is 0.177. The molecule has 6 heteroatoms. The zero-order valence-corrected chi connectivity index (χ0v) is 14.9. The summed E-state index contributed by atoms with van der Waals surface area (Å²) < 4.78 is 5.67. The van der Waals surface area contributed by atoms with Crippen molar-refractivity contribution in [2.75, 3.05) is 11.9 Å². The Morgan fingerprint density at radius 1 is 1.17 bits per heavy atom. The van der Waals surface area contributed by atoms with Gasteiger partial charge in [-0.25, -0.2) is 0 Å². The first-order chi connectivity index (χ1) is 11.6. The number of amides is 1. The molecule has 2 aromatic rings. The quantitative estimate of drug-likeness (QED) is 0.580. The molecule has 0 aliphatic heterocycles. The van der Waals surface area contributed by atoms with Crippen LogP contribution in [0.4, 0.5) is 5.69 Å². The fourth-order valence-corrected chi connectivity index (χ4v) is 2.38. The molecule has 0 aliphatic rings. The van der Waals surface area contributed by atoms with Crippen molar-refractivity contribution in [2.24, 2.45) is 0 Å². The molecule has 2 rings (SSSR count). The van der Waals surface area contributed by atoms with E-state index in [0.717, 1.165) is 12.8 Å². The maximum absolute atomic E-state index is 12.4. The summed E-state index contributed by atoms with van der Waals surface area (Å²) in [7, 11) is 0. The summed E-state index contributed by atoms with van der Waals surface area (Å²) in [6.07, 6.45) is 1.96. The predicted molar refractivity (Wildman–Crippen MR) is 102 cm³/mol. The van der Waals surface area contributed by atoms with Crippen molar-refractivity contribution in [2.45, 2.75) is 19.8 Å². The number of carbonyl (C=O) groups is 1. The number of benzene rings is 2. The van der Waals surface area contributed by atoms with E-state index in [9.17, 15) is 4.79 Å². The van der Waals surface area contributed by atoms with E-state index in [4.69, 9.17) is 28.6 Å². The highest BCUT2D eigenvalue weighted by Crippen LogP contribution is 2.21. The molecule has 24 heavy (non-hydrogen) atoms. The van der Waals surface area contributed by atoms with Gasteiger partial charge in [0.15, 0.2) is 5.11 Å². The molecule has 0 atom stereocenters. The summed E-state index contributed by atoms with van der Waals surface area (Å²) in [5, 5.41) is 6.26. The van der Waals surface area contributed by atoms with Crippen molar-refractivity contribution in [3.8, 4) is 5.75 Å². The Balaban J connectivity index is 2.01. The lowest BCUT2D eigenvalue weighted by molar-refractivity contribution is 0.0973. The number of ether oxygens (including phenoxy) is 1. The predicted octanol–water partition coefficient (Wildman–Crippen LogP) is 4.65. The average Bonchev–Trinajstić information content (AvgIpc) is 2.57. The van der Waals surface area contributed by atoms with Crippen LogP contribution in [0.5, 0.6) is 5.75 Å². The van der Waals surface area contributed by atoms with Gasteiger partial charge >= 0.3 is 0 Å². The number of anilines is 1. The molecule has 0 unspecified atom stereocenters. The number of carbonyl (C=O) groups excluding carboxylic acids is 1. The smallest absolute Gasteiger partial charge is 0.261 e. The number of para-hydroxylation sites is 2. The van der Waals surface area contributed by atoms with Gasteiger partial charge in [0.1, 0.15) is 5.75 Å². The van der Waals surface area contributed by atoms with Crippen molar-refractivity contribution >= 4 is 40.5 Å². The van der Waals surface area contributed by atoms with Crippen LogP contribution in [-0.4, -0.2) is 17.6 Å². The van der Waals surface area contributed by atoms with Gasteiger partial charge in [-0.3, -0.25) is 10.1 Å². The van der Waals surface area contributed by atoms with Crippen LogP contribution in [0, 0.1) is 0 Å². The normalized spacial score (nSPS) is 10.1. The van der Waals surface area contributed by atoms with Gasteiger partial charge in [0, 0.05) is 0 Å². The summed E-state index contributed by atoms with van der Waals surface area (Å²) in [5.41, 5.74) is 1.08. The summed E-state index contributed by atoms with van der Waals surface area (Å²) in [5.74, 6) is 0.218. The minimum Gasteiger partial charge on any atom is -0.493 e. The summed E-state index contributed by atoms with van der Waals surface area (Å²) in [6.45, 7) is 2.66. The summed E-state index contributed by atoms with van der Waals surface area (Å²) >= 11 is 11.2. The molecule has 0 spiro atoms. The van der Waals surface area contributed by atoms with Crippen LogP contribution in [0.25, 0.3) is 0 Å². The van der Waals surface area contributed by atoms with Gasteiger partial charge in [0.05, 0.1) is 22.9 Å². The number of rotatable bonds is 6. The second kappa shape index (κ2) is 9.25. The summed E-state index contributed by atoms with van der Waals surface area (Å²) in [4.78, 5) is 12.4. The second-order valence-corrected chi connectivity index (χ2v) is 5.90. The van der Waals surface area contributed by atoms with Crippen LogP contribution in [0.3, 0.4) is 0 Å². The lowest BCUT2D eigenvalue weighted by Crippen LogP contribution is -2.34. The SMILES string of the molecule is CCCCOc1ccccc1C(=O)NC(=S)Nc1ccccc1Cl. The summed E-state index contributed by atoms with van der Waals surface area (Å²) in [6, 6.07) is 14.3. The van der Waals surface area contributed by atoms with E-state index in [1.807, 2.05) is 18.2 Å². The Labute approximate surface area is 152 Å². The van der Waals surface area contributed by atoms with Gasteiger partial charge in [-0.2, -0.15) is 0 Å². The van der Waals surface area contributed by atoms with Crippen LogP contribution < -0.4 is 15.4 Å². The zero-order chi connectivity index (χ0) is 17.4. The van der Waals surface area contributed by atoms with Crippen LogP contribution in [0.15, 0.2) is 48.5 Å². The van der Waals surface area contributed by atoms with Crippen molar-refractivity contribution in [3.05, 3.63) is 59.1 Å². The molecule has 2 N–H and O–H groups in total. The number of thiocarbonyl (C=S) groups is 1. The van der Waals surface area contributed by atoms with Gasteiger partial charge < -0.3 is 10.1 Å². The first-order valence-electron chi connectivity index (χ1n) is 7.70. The highest BCUT2D eigenvalue weighted by Gasteiger charge is 2.14. The number of halogens is 1. The first kappa shape index (κ1) is 18.2. The highest BCUT2D eigenvalue weighted by atomic mass is 35.5. The Morgan fingerprint density at radius 2 is 1.88 bits per heavy atom. The monoisotopic (exact) mass is 362 g/mol.